The van der Waals surface area contributed by atoms with Gasteiger partial charge in [0.1, 0.15) is 0 Å². The molecule has 0 fully saturated rings. The van der Waals surface area contributed by atoms with Gasteiger partial charge in [-0.15, -0.1) is 0 Å². The van der Waals surface area contributed by atoms with E-state index in [-0.39, 0.29) is 24.2 Å². The SMILES string of the molecule is CC[C@H](CC(=O)OC)C(=O)N(C)C. The molecule has 0 bridgehead atoms. The molecule has 0 radical (unpaired) electrons. The van der Waals surface area contributed by atoms with E-state index in [1.165, 1.54) is 12.0 Å². The van der Waals surface area contributed by atoms with E-state index in [1.807, 2.05) is 6.92 Å². The fourth-order valence-electron chi connectivity index (χ4n) is 1.06. The molecule has 0 heterocycles. The monoisotopic (exact) mass is 187 g/mol. The van der Waals surface area contributed by atoms with Crippen molar-refractivity contribution in [3.05, 3.63) is 0 Å². The summed E-state index contributed by atoms with van der Waals surface area (Å²) in [5.41, 5.74) is 0. The summed E-state index contributed by atoms with van der Waals surface area (Å²) in [6, 6.07) is 0. The Morgan fingerprint density at radius 2 is 1.92 bits per heavy atom. The second kappa shape index (κ2) is 5.56. The van der Waals surface area contributed by atoms with Gasteiger partial charge in [0.2, 0.25) is 5.91 Å². The summed E-state index contributed by atoms with van der Waals surface area (Å²) < 4.78 is 4.50. The van der Waals surface area contributed by atoms with Gasteiger partial charge in [0, 0.05) is 20.0 Å². The Hall–Kier alpha value is -1.06. The smallest absolute Gasteiger partial charge is 0.306 e. The molecule has 4 nitrogen and oxygen atoms in total. The van der Waals surface area contributed by atoms with Crippen molar-refractivity contribution in [2.45, 2.75) is 19.8 Å². The molecule has 0 unspecified atom stereocenters. The van der Waals surface area contributed by atoms with E-state index in [0.29, 0.717) is 6.42 Å². The Morgan fingerprint density at radius 1 is 1.38 bits per heavy atom. The predicted octanol–water partition coefficient (Wildman–Crippen LogP) is 0.664. The first-order valence-electron chi connectivity index (χ1n) is 4.30. The molecule has 0 saturated carbocycles. The van der Waals surface area contributed by atoms with E-state index in [0.717, 1.165) is 0 Å². The minimum absolute atomic E-state index is 0.0205. The fourth-order valence-corrected chi connectivity index (χ4v) is 1.06. The van der Waals surface area contributed by atoms with Crippen molar-refractivity contribution in [2.24, 2.45) is 5.92 Å². The lowest BCUT2D eigenvalue weighted by Crippen LogP contribution is -2.30. The van der Waals surface area contributed by atoms with Gasteiger partial charge in [0.15, 0.2) is 0 Å². The summed E-state index contributed by atoms with van der Waals surface area (Å²) in [4.78, 5) is 23.9. The lowest BCUT2D eigenvalue weighted by molar-refractivity contribution is -0.146. The van der Waals surface area contributed by atoms with Crippen LogP contribution in [0.15, 0.2) is 0 Å². The van der Waals surface area contributed by atoms with Crippen molar-refractivity contribution in [1.29, 1.82) is 0 Å². The van der Waals surface area contributed by atoms with Gasteiger partial charge < -0.3 is 9.64 Å². The van der Waals surface area contributed by atoms with Crippen molar-refractivity contribution in [1.82, 2.24) is 4.90 Å². The van der Waals surface area contributed by atoms with Crippen LogP contribution in [0.1, 0.15) is 19.8 Å². The molecule has 0 spiro atoms. The van der Waals surface area contributed by atoms with Crippen LogP contribution in [0.2, 0.25) is 0 Å². The molecule has 76 valence electrons. The summed E-state index contributed by atoms with van der Waals surface area (Å²) in [5, 5.41) is 0. The molecule has 0 aliphatic carbocycles. The van der Waals surface area contributed by atoms with Crippen molar-refractivity contribution >= 4 is 11.9 Å². The van der Waals surface area contributed by atoms with E-state index < -0.39 is 0 Å². The Balaban J connectivity index is 4.18. The van der Waals surface area contributed by atoms with Gasteiger partial charge >= 0.3 is 5.97 Å². The molecular formula is C9H17NO3. The predicted molar refractivity (Wildman–Crippen MR) is 49.1 cm³/mol. The number of esters is 1. The molecular weight excluding hydrogens is 170 g/mol. The second-order valence-corrected chi connectivity index (χ2v) is 3.12. The van der Waals surface area contributed by atoms with Crippen LogP contribution in [-0.2, 0) is 14.3 Å². The quantitative estimate of drug-likeness (QED) is 0.607. The average Bonchev–Trinajstić information content (AvgIpc) is 2.12. The van der Waals surface area contributed by atoms with E-state index in [9.17, 15) is 9.59 Å². The average molecular weight is 187 g/mol. The molecule has 0 aromatic rings. The molecule has 0 aliphatic rings. The first kappa shape index (κ1) is 11.9. The van der Waals surface area contributed by atoms with E-state index >= 15 is 0 Å². The highest BCUT2D eigenvalue weighted by Gasteiger charge is 2.21. The molecule has 4 heteroatoms. The molecule has 0 rings (SSSR count). The Kier molecular flexibility index (Phi) is 5.11. The van der Waals surface area contributed by atoms with Crippen LogP contribution in [0.4, 0.5) is 0 Å². The van der Waals surface area contributed by atoms with Crippen LogP contribution in [0.25, 0.3) is 0 Å². The molecule has 1 atom stereocenters. The van der Waals surface area contributed by atoms with Gasteiger partial charge in [0.05, 0.1) is 13.5 Å². The number of hydrogen-bond donors (Lipinski definition) is 0. The zero-order chi connectivity index (χ0) is 10.4. The first-order valence-corrected chi connectivity index (χ1v) is 4.30. The molecule has 0 aliphatic heterocycles. The van der Waals surface area contributed by atoms with Crippen molar-refractivity contribution < 1.29 is 14.3 Å². The number of methoxy groups -OCH3 is 1. The van der Waals surface area contributed by atoms with Crippen LogP contribution in [0, 0.1) is 5.92 Å². The van der Waals surface area contributed by atoms with Crippen molar-refractivity contribution in [2.75, 3.05) is 21.2 Å². The first-order chi connectivity index (χ1) is 6.02. The largest absolute Gasteiger partial charge is 0.469 e. The Bertz CT molecular complexity index is 189. The van der Waals surface area contributed by atoms with Crippen LogP contribution in [0.3, 0.4) is 0 Å². The number of rotatable bonds is 4. The third-order valence-electron chi connectivity index (χ3n) is 1.92. The second-order valence-electron chi connectivity index (χ2n) is 3.12. The van der Waals surface area contributed by atoms with Crippen molar-refractivity contribution in [3.63, 3.8) is 0 Å². The number of ether oxygens (including phenoxy) is 1. The maximum atomic E-state index is 11.4. The summed E-state index contributed by atoms with van der Waals surface area (Å²) in [7, 11) is 4.69. The highest BCUT2D eigenvalue weighted by atomic mass is 16.5. The minimum Gasteiger partial charge on any atom is -0.469 e. The minimum atomic E-state index is -0.331. The van der Waals surface area contributed by atoms with Crippen LogP contribution >= 0.6 is 0 Å². The lowest BCUT2D eigenvalue weighted by Gasteiger charge is -2.17. The zero-order valence-electron chi connectivity index (χ0n) is 8.66. The molecule has 1 amide bonds. The number of nitrogens with zero attached hydrogens (tertiary/aromatic N) is 1. The number of hydrogen-bond acceptors (Lipinski definition) is 3. The van der Waals surface area contributed by atoms with Crippen LogP contribution in [-0.4, -0.2) is 38.0 Å². The standard InChI is InChI=1S/C9H17NO3/c1-5-7(6-8(11)13-4)9(12)10(2)3/h7H,5-6H2,1-4H3/t7-/m1/s1. The number of carbonyl (C=O) groups excluding carboxylic acids is 2. The maximum absolute atomic E-state index is 11.4. The van der Waals surface area contributed by atoms with E-state index in [1.54, 1.807) is 14.1 Å². The summed E-state index contributed by atoms with van der Waals surface area (Å²) in [6.07, 6.45) is 0.829. The van der Waals surface area contributed by atoms with Crippen molar-refractivity contribution in [3.8, 4) is 0 Å². The van der Waals surface area contributed by atoms with E-state index in [4.69, 9.17) is 0 Å². The van der Waals surface area contributed by atoms with Gasteiger partial charge in [-0.3, -0.25) is 9.59 Å². The Morgan fingerprint density at radius 3 is 2.23 bits per heavy atom. The van der Waals surface area contributed by atoms with Gasteiger partial charge in [-0.2, -0.15) is 0 Å². The molecule has 0 N–H and O–H groups in total. The number of amides is 1. The summed E-state index contributed by atoms with van der Waals surface area (Å²) in [5.74, 6) is -0.600. The fraction of sp³-hybridized carbons (Fsp3) is 0.778. The van der Waals surface area contributed by atoms with Gasteiger partial charge in [-0.05, 0) is 6.42 Å². The van der Waals surface area contributed by atoms with Gasteiger partial charge in [0.25, 0.3) is 0 Å². The lowest BCUT2D eigenvalue weighted by atomic mass is 10.0. The maximum Gasteiger partial charge on any atom is 0.306 e. The third-order valence-corrected chi connectivity index (χ3v) is 1.92. The zero-order valence-corrected chi connectivity index (χ0v) is 8.66. The highest BCUT2D eigenvalue weighted by Crippen LogP contribution is 2.11. The molecule has 0 saturated heterocycles. The topological polar surface area (TPSA) is 46.6 Å². The van der Waals surface area contributed by atoms with E-state index in [2.05, 4.69) is 4.74 Å². The van der Waals surface area contributed by atoms with Gasteiger partial charge in [-0.1, -0.05) is 6.92 Å². The molecule has 0 aromatic carbocycles. The normalized spacial score (nSPS) is 12.0. The highest BCUT2D eigenvalue weighted by molar-refractivity contribution is 5.83. The van der Waals surface area contributed by atoms with Gasteiger partial charge in [-0.25, -0.2) is 0 Å². The third kappa shape index (κ3) is 3.92. The van der Waals surface area contributed by atoms with Crippen LogP contribution < -0.4 is 0 Å². The summed E-state index contributed by atoms with van der Waals surface area (Å²) >= 11 is 0. The Labute approximate surface area is 78.9 Å². The number of carbonyl (C=O) groups is 2. The molecule has 0 aromatic heterocycles. The van der Waals surface area contributed by atoms with Crippen LogP contribution in [0.5, 0.6) is 0 Å². The summed E-state index contributed by atoms with van der Waals surface area (Å²) in [6.45, 7) is 1.88. The molecule has 13 heavy (non-hydrogen) atoms.